The zero-order chi connectivity index (χ0) is 22.5. The van der Waals surface area contributed by atoms with Gasteiger partial charge in [0.1, 0.15) is 0 Å². The molecule has 0 aliphatic carbocycles. The summed E-state index contributed by atoms with van der Waals surface area (Å²) in [5, 5.41) is 9.01. The summed E-state index contributed by atoms with van der Waals surface area (Å²) in [5.74, 6) is 2.24. The van der Waals surface area contributed by atoms with Gasteiger partial charge < -0.3 is 28.8 Å². The molecule has 2 aromatic carbocycles. The lowest BCUT2D eigenvalue weighted by molar-refractivity contribution is -0.119. The molecule has 0 aromatic heterocycles. The van der Waals surface area contributed by atoms with Crippen molar-refractivity contribution in [1.82, 2.24) is 0 Å². The third kappa shape index (κ3) is 4.11. The van der Waals surface area contributed by atoms with E-state index in [0.29, 0.717) is 53.0 Å². The van der Waals surface area contributed by atoms with Gasteiger partial charge in [-0.25, -0.2) is 0 Å². The molecule has 31 heavy (non-hydrogen) atoms. The smallest absolute Gasteiger partial charge is 0.256 e. The highest BCUT2D eigenvalue weighted by atomic mass is 16.5. The molecule has 8 heteroatoms. The Morgan fingerprint density at radius 1 is 0.935 bits per heavy atom. The fraction of sp³-hybridized carbons (Fsp3) is 0.348. The van der Waals surface area contributed by atoms with Crippen molar-refractivity contribution in [2.24, 2.45) is 0 Å². The Balaban J connectivity index is 2.00. The standard InChI is InChI=1S/C23H27NO7/c1-14-21(15-7-8-17(27-2)18(11-15)31-10-6-9-25)24(23(14)26)16-12-19(28-3)22(30-5)20(13-16)29-4/h7-8,11-13,21,25H,1,6,9-10H2,2-5H3. The van der Waals surface area contributed by atoms with Crippen molar-refractivity contribution in [2.45, 2.75) is 12.5 Å². The number of amides is 1. The van der Waals surface area contributed by atoms with Gasteiger partial charge in [0.25, 0.3) is 5.91 Å². The Morgan fingerprint density at radius 3 is 2.13 bits per heavy atom. The molecule has 0 radical (unpaired) electrons. The summed E-state index contributed by atoms with van der Waals surface area (Å²) in [6, 6.07) is 8.53. The van der Waals surface area contributed by atoms with Crippen LogP contribution in [0.3, 0.4) is 0 Å². The number of rotatable bonds is 10. The van der Waals surface area contributed by atoms with Gasteiger partial charge in [0.2, 0.25) is 5.75 Å². The molecule has 1 amide bonds. The normalized spacial score (nSPS) is 15.4. The summed E-state index contributed by atoms with van der Waals surface area (Å²) >= 11 is 0. The van der Waals surface area contributed by atoms with Gasteiger partial charge in [-0.15, -0.1) is 0 Å². The molecule has 166 valence electrons. The van der Waals surface area contributed by atoms with Gasteiger partial charge >= 0.3 is 0 Å². The largest absolute Gasteiger partial charge is 0.493 e. The van der Waals surface area contributed by atoms with Gasteiger partial charge in [-0.3, -0.25) is 9.69 Å². The van der Waals surface area contributed by atoms with E-state index in [1.54, 1.807) is 30.2 Å². The van der Waals surface area contributed by atoms with Gasteiger partial charge in [0.15, 0.2) is 23.0 Å². The van der Waals surface area contributed by atoms with Crippen molar-refractivity contribution in [3.63, 3.8) is 0 Å². The maximum atomic E-state index is 12.7. The number of ether oxygens (including phenoxy) is 5. The van der Waals surface area contributed by atoms with Gasteiger partial charge in [0.05, 0.1) is 46.8 Å². The number of hydrogen-bond acceptors (Lipinski definition) is 7. The molecule has 1 atom stereocenters. The van der Waals surface area contributed by atoms with Crippen LogP contribution in [0.5, 0.6) is 28.7 Å². The van der Waals surface area contributed by atoms with Crippen LogP contribution in [0.4, 0.5) is 5.69 Å². The van der Waals surface area contributed by atoms with Crippen molar-refractivity contribution < 1.29 is 33.6 Å². The molecule has 8 nitrogen and oxygen atoms in total. The van der Waals surface area contributed by atoms with Crippen molar-refractivity contribution in [3.8, 4) is 28.7 Å². The van der Waals surface area contributed by atoms with Crippen molar-refractivity contribution in [2.75, 3.05) is 46.6 Å². The third-order valence-electron chi connectivity index (χ3n) is 5.07. The number of anilines is 1. The number of β-lactam (4-membered cyclic amide) rings is 1. The van der Waals surface area contributed by atoms with Crippen LogP contribution in [0.2, 0.25) is 0 Å². The van der Waals surface area contributed by atoms with Gasteiger partial charge in [0, 0.05) is 30.7 Å². The average molecular weight is 429 g/mol. The number of aliphatic hydroxyl groups is 1. The highest BCUT2D eigenvalue weighted by Gasteiger charge is 2.43. The molecule has 0 spiro atoms. The summed E-state index contributed by atoms with van der Waals surface area (Å²) in [7, 11) is 6.13. The Labute approximate surface area is 181 Å². The Kier molecular flexibility index (Phi) is 6.91. The summed E-state index contributed by atoms with van der Waals surface area (Å²) in [6.45, 7) is 4.34. The first-order valence-electron chi connectivity index (χ1n) is 9.74. The quantitative estimate of drug-likeness (QED) is 0.353. The summed E-state index contributed by atoms with van der Waals surface area (Å²) < 4.78 is 27.3. The molecule has 1 N–H and O–H groups in total. The fourth-order valence-corrected chi connectivity index (χ4v) is 3.52. The molecule has 1 aliphatic rings. The second-order valence-corrected chi connectivity index (χ2v) is 6.82. The van der Waals surface area contributed by atoms with Crippen molar-refractivity contribution >= 4 is 11.6 Å². The first-order valence-corrected chi connectivity index (χ1v) is 9.74. The van der Waals surface area contributed by atoms with Crippen molar-refractivity contribution in [3.05, 3.63) is 48.0 Å². The maximum Gasteiger partial charge on any atom is 0.256 e. The number of nitrogens with zero attached hydrogens (tertiary/aromatic N) is 1. The Morgan fingerprint density at radius 2 is 1.58 bits per heavy atom. The molecule has 1 heterocycles. The number of carbonyl (C=O) groups excluding carboxylic acids is 1. The van der Waals surface area contributed by atoms with Crippen LogP contribution in [-0.4, -0.2) is 52.7 Å². The molecule has 1 fully saturated rings. The van der Waals surface area contributed by atoms with Crippen LogP contribution in [-0.2, 0) is 4.79 Å². The number of carbonyl (C=O) groups is 1. The molecule has 1 saturated heterocycles. The SMILES string of the molecule is C=C1C(=O)N(c2cc(OC)c(OC)c(OC)c2)C1c1ccc(OC)c(OCCCO)c1. The second kappa shape index (κ2) is 9.61. The zero-order valence-corrected chi connectivity index (χ0v) is 18.1. The fourth-order valence-electron chi connectivity index (χ4n) is 3.52. The van der Waals surface area contributed by atoms with Crippen LogP contribution in [0.1, 0.15) is 18.0 Å². The van der Waals surface area contributed by atoms with E-state index in [4.69, 9.17) is 28.8 Å². The van der Waals surface area contributed by atoms with Gasteiger partial charge in [-0.05, 0) is 17.7 Å². The number of benzene rings is 2. The minimum atomic E-state index is -0.388. The van der Waals surface area contributed by atoms with Gasteiger partial charge in [-0.1, -0.05) is 12.6 Å². The zero-order valence-electron chi connectivity index (χ0n) is 18.1. The molecule has 2 aromatic rings. The lowest BCUT2D eigenvalue weighted by atomic mass is 9.88. The van der Waals surface area contributed by atoms with Crippen LogP contribution in [0.25, 0.3) is 0 Å². The molecule has 1 unspecified atom stereocenters. The lowest BCUT2D eigenvalue weighted by Gasteiger charge is -2.42. The molecular formula is C23H27NO7. The first kappa shape index (κ1) is 22.3. The van der Waals surface area contributed by atoms with Crippen molar-refractivity contribution in [1.29, 1.82) is 0 Å². The van der Waals surface area contributed by atoms with E-state index in [-0.39, 0.29) is 18.6 Å². The minimum Gasteiger partial charge on any atom is -0.493 e. The summed E-state index contributed by atoms with van der Waals surface area (Å²) in [5.41, 5.74) is 1.87. The number of methoxy groups -OCH3 is 4. The molecule has 0 saturated carbocycles. The highest BCUT2D eigenvalue weighted by Crippen LogP contribution is 2.48. The van der Waals surface area contributed by atoms with E-state index >= 15 is 0 Å². The van der Waals surface area contributed by atoms with E-state index < -0.39 is 0 Å². The molecule has 1 aliphatic heterocycles. The summed E-state index contributed by atoms with van der Waals surface area (Å²) in [6.07, 6.45) is 0.500. The van der Waals surface area contributed by atoms with Crippen LogP contribution in [0.15, 0.2) is 42.5 Å². The van der Waals surface area contributed by atoms with Crippen LogP contribution >= 0.6 is 0 Å². The van der Waals surface area contributed by atoms with E-state index in [1.807, 2.05) is 12.1 Å². The lowest BCUT2D eigenvalue weighted by Crippen LogP contribution is -2.48. The predicted molar refractivity (Wildman–Crippen MR) is 116 cm³/mol. The Hall–Kier alpha value is -3.39. The van der Waals surface area contributed by atoms with E-state index in [0.717, 1.165) is 5.56 Å². The second-order valence-electron chi connectivity index (χ2n) is 6.82. The topological polar surface area (TPSA) is 86.7 Å². The van der Waals surface area contributed by atoms with E-state index in [9.17, 15) is 4.79 Å². The van der Waals surface area contributed by atoms with E-state index in [2.05, 4.69) is 6.58 Å². The maximum absolute atomic E-state index is 12.7. The summed E-state index contributed by atoms with van der Waals surface area (Å²) in [4.78, 5) is 14.4. The average Bonchev–Trinajstić information content (AvgIpc) is 2.80. The predicted octanol–water partition coefficient (Wildman–Crippen LogP) is 3.13. The van der Waals surface area contributed by atoms with E-state index in [1.165, 1.54) is 21.3 Å². The first-order chi connectivity index (χ1) is 15.0. The number of hydrogen-bond donors (Lipinski definition) is 1. The van der Waals surface area contributed by atoms with Crippen LogP contribution in [0, 0.1) is 0 Å². The highest BCUT2D eigenvalue weighted by molar-refractivity contribution is 6.15. The van der Waals surface area contributed by atoms with Crippen LogP contribution < -0.4 is 28.6 Å². The molecule has 0 bridgehead atoms. The number of aliphatic hydroxyl groups excluding tert-OH is 1. The van der Waals surface area contributed by atoms with Gasteiger partial charge in [-0.2, -0.15) is 0 Å². The molecular weight excluding hydrogens is 402 g/mol. The minimum absolute atomic E-state index is 0.0326. The third-order valence-corrected chi connectivity index (χ3v) is 5.07. The Bertz CT molecular complexity index is 947. The molecule has 3 rings (SSSR count). The monoisotopic (exact) mass is 429 g/mol.